The van der Waals surface area contributed by atoms with Crippen LogP contribution < -0.4 is 0 Å². The van der Waals surface area contributed by atoms with Gasteiger partial charge < -0.3 is 19.5 Å². The number of benzene rings is 3. The fourth-order valence-electron chi connectivity index (χ4n) is 4.85. The Balaban J connectivity index is 1.73. The molecule has 2 N–H and O–H groups in total. The molecule has 1 saturated heterocycles. The summed E-state index contributed by atoms with van der Waals surface area (Å²) in [5, 5.41) is 21.9. The Morgan fingerprint density at radius 1 is 0.969 bits per heavy atom. The molecule has 5 rings (SSSR count). The molecule has 0 spiro atoms. The molecule has 0 bridgehead atoms. The number of nitrogens with zero attached hydrogens (tertiary/aromatic N) is 2. The molecule has 0 saturated carbocycles. The van der Waals surface area contributed by atoms with E-state index in [9.17, 15) is 10.2 Å². The molecule has 0 atom stereocenters. The first-order chi connectivity index (χ1) is 15.6. The third-order valence-corrected chi connectivity index (χ3v) is 6.73. The van der Waals surface area contributed by atoms with E-state index in [4.69, 9.17) is 9.72 Å². The van der Waals surface area contributed by atoms with Gasteiger partial charge in [0.25, 0.3) is 0 Å². The highest BCUT2D eigenvalue weighted by Crippen LogP contribution is 2.40. The van der Waals surface area contributed by atoms with Crippen molar-refractivity contribution >= 4 is 11.0 Å². The minimum absolute atomic E-state index is 0.126. The molecule has 5 heteroatoms. The molecule has 164 valence electrons. The lowest BCUT2D eigenvalue weighted by Gasteiger charge is -2.41. The Bertz CT molecular complexity index is 1170. The Morgan fingerprint density at radius 2 is 1.59 bits per heavy atom. The Labute approximate surface area is 187 Å². The van der Waals surface area contributed by atoms with Crippen LogP contribution in [-0.2, 0) is 22.3 Å². The third-order valence-electron chi connectivity index (χ3n) is 6.73. The molecule has 1 aromatic heterocycles. The fourth-order valence-corrected chi connectivity index (χ4v) is 4.85. The van der Waals surface area contributed by atoms with Crippen molar-refractivity contribution in [3.63, 3.8) is 0 Å². The first-order valence-corrected chi connectivity index (χ1v) is 11.2. The molecular weight excluding hydrogens is 400 g/mol. The zero-order chi connectivity index (χ0) is 22.2. The van der Waals surface area contributed by atoms with E-state index in [2.05, 4.69) is 23.6 Å². The van der Waals surface area contributed by atoms with E-state index in [0.29, 0.717) is 32.0 Å². The van der Waals surface area contributed by atoms with Crippen LogP contribution in [-0.4, -0.2) is 39.6 Å². The summed E-state index contributed by atoms with van der Waals surface area (Å²) in [6, 6.07) is 25.7. The van der Waals surface area contributed by atoms with Crippen LogP contribution in [0.15, 0.2) is 78.9 Å². The molecule has 1 aliphatic heterocycles. The van der Waals surface area contributed by atoms with Crippen LogP contribution >= 0.6 is 0 Å². The van der Waals surface area contributed by atoms with Crippen LogP contribution in [0.2, 0.25) is 0 Å². The first-order valence-electron chi connectivity index (χ1n) is 11.2. The molecule has 0 amide bonds. The quantitative estimate of drug-likeness (QED) is 0.467. The van der Waals surface area contributed by atoms with Gasteiger partial charge in [0, 0.05) is 18.6 Å². The molecule has 0 aliphatic carbocycles. The maximum Gasteiger partial charge on any atom is 0.173 e. The highest BCUT2D eigenvalue weighted by molar-refractivity contribution is 5.78. The van der Waals surface area contributed by atoms with Gasteiger partial charge in [-0.05, 0) is 42.2 Å². The van der Waals surface area contributed by atoms with Gasteiger partial charge in [0.05, 0.1) is 24.2 Å². The summed E-state index contributed by atoms with van der Waals surface area (Å²) in [7, 11) is 0. The van der Waals surface area contributed by atoms with Gasteiger partial charge in [-0.1, -0.05) is 66.7 Å². The van der Waals surface area contributed by atoms with Crippen molar-refractivity contribution in [2.45, 2.75) is 30.9 Å². The van der Waals surface area contributed by atoms with Gasteiger partial charge in [-0.3, -0.25) is 0 Å². The van der Waals surface area contributed by atoms with Gasteiger partial charge >= 0.3 is 0 Å². The largest absolute Gasteiger partial charge is 0.396 e. The Hall–Kier alpha value is -2.99. The van der Waals surface area contributed by atoms with Crippen molar-refractivity contribution in [1.29, 1.82) is 0 Å². The van der Waals surface area contributed by atoms with Gasteiger partial charge in [0.1, 0.15) is 0 Å². The monoisotopic (exact) mass is 428 g/mol. The lowest BCUT2D eigenvalue weighted by atomic mass is 9.76. The summed E-state index contributed by atoms with van der Waals surface area (Å²) in [6.45, 7) is 4.10. The number of rotatable bonds is 7. The number of hydrogen-bond acceptors (Lipinski definition) is 4. The topological polar surface area (TPSA) is 67.5 Å². The van der Waals surface area contributed by atoms with Crippen molar-refractivity contribution in [2.75, 3.05) is 19.8 Å². The summed E-state index contributed by atoms with van der Waals surface area (Å²) in [5.74, 6) is 0.602. The second kappa shape index (κ2) is 8.17. The van der Waals surface area contributed by atoms with Gasteiger partial charge in [0.2, 0.25) is 0 Å². The van der Waals surface area contributed by atoms with E-state index in [1.165, 1.54) is 0 Å². The second-order valence-electron chi connectivity index (χ2n) is 8.57. The van der Waals surface area contributed by atoms with E-state index >= 15 is 0 Å². The SMILES string of the molecule is CCn1c(C(O)(c2ccccc2)c2ccccc2)nc2ccc(C3(CCO)COC3)cc21. The number of ether oxygens (including phenoxy) is 1. The summed E-state index contributed by atoms with van der Waals surface area (Å²) in [6.07, 6.45) is 0.670. The van der Waals surface area contributed by atoms with Crippen LogP contribution in [0.4, 0.5) is 0 Å². The summed E-state index contributed by atoms with van der Waals surface area (Å²) < 4.78 is 7.62. The van der Waals surface area contributed by atoms with Crippen LogP contribution in [0.25, 0.3) is 11.0 Å². The second-order valence-corrected chi connectivity index (χ2v) is 8.57. The lowest BCUT2D eigenvalue weighted by molar-refractivity contribution is -0.0700. The van der Waals surface area contributed by atoms with Crippen molar-refractivity contribution < 1.29 is 14.9 Å². The van der Waals surface area contributed by atoms with Crippen LogP contribution in [0.1, 0.15) is 35.9 Å². The predicted octanol–water partition coefficient (Wildman–Crippen LogP) is 3.99. The summed E-state index contributed by atoms with van der Waals surface area (Å²) in [5.41, 5.74) is 2.99. The maximum atomic E-state index is 12.3. The van der Waals surface area contributed by atoms with E-state index in [0.717, 1.165) is 27.7 Å². The number of hydrogen-bond donors (Lipinski definition) is 2. The van der Waals surface area contributed by atoms with E-state index in [-0.39, 0.29) is 12.0 Å². The van der Waals surface area contributed by atoms with Crippen molar-refractivity contribution in [3.05, 3.63) is 101 Å². The number of aliphatic hydroxyl groups is 2. The molecule has 4 aromatic rings. The van der Waals surface area contributed by atoms with Gasteiger partial charge in [-0.2, -0.15) is 0 Å². The standard InChI is InChI=1S/C27H28N2O3/c1-2-29-24-17-22(26(15-16-30)18-32-19-26)13-14-23(24)28-25(29)27(31,20-9-5-3-6-10-20)21-11-7-4-8-12-21/h3-14,17,30-31H,2,15-16,18-19H2,1H3. The van der Waals surface area contributed by atoms with Gasteiger partial charge in [0.15, 0.2) is 11.4 Å². The highest BCUT2D eigenvalue weighted by atomic mass is 16.5. The number of aliphatic hydroxyl groups excluding tert-OH is 1. The smallest absolute Gasteiger partial charge is 0.173 e. The molecule has 2 heterocycles. The average molecular weight is 429 g/mol. The molecular formula is C27H28N2O3. The first kappa shape index (κ1) is 20.9. The molecule has 5 nitrogen and oxygen atoms in total. The number of aromatic nitrogens is 2. The third kappa shape index (κ3) is 3.16. The van der Waals surface area contributed by atoms with Crippen molar-refractivity contribution in [1.82, 2.24) is 9.55 Å². The van der Waals surface area contributed by atoms with E-state index in [1.807, 2.05) is 66.7 Å². The maximum absolute atomic E-state index is 12.3. The fraction of sp³-hybridized carbons (Fsp3) is 0.296. The summed E-state index contributed by atoms with van der Waals surface area (Å²) in [4.78, 5) is 4.95. The molecule has 0 unspecified atom stereocenters. The number of aryl methyl sites for hydroxylation is 1. The lowest BCUT2D eigenvalue weighted by Crippen LogP contribution is -2.47. The van der Waals surface area contributed by atoms with Crippen LogP contribution in [0, 0.1) is 0 Å². The molecule has 1 fully saturated rings. The average Bonchev–Trinajstić information content (AvgIpc) is 3.20. The van der Waals surface area contributed by atoms with Crippen molar-refractivity contribution in [3.8, 4) is 0 Å². The molecule has 3 aromatic carbocycles. The zero-order valence-corrected chi connectivity index (χ0v) is 18.2. The predicted molar refractivity (Wildman–Crippen MR) is 125 cm³/mol. The van der Waals surface area contributed by atoms with Gasteiger partial charge in [-0.15, -0.1) is 0 Å². The van der Waals surface area contributed by atoms with E-state index < -0.39 is 5.60 Å². The van der Waals surface area contributed by atoms with Crippen LogP contribution in [0.3, 0.4) is 0 Å². The van der Waals surface area contributed by atoms with Gasteiger partial charge in [-0.25, -0.2) is 4.98 Å². The number of imidazole rings is 1. The Kier molecular flexibility index (Phi) is 5.33. The van der Waals surface area contributed by atoms with Crippen LogP contribution in [0.5, 0.6) is 0 Å². The normalized spacial score (nSPS) is 15.6. The van der Waals surface area contributed by atoms with Crippen molar-refractivity contribution in [2.24, 2.45) is 0 Å². The molecule has 1 aliphatic rings. The number of fused-ring (bicyclic) bond motifs is 1. The van der Waals surface area contributed by atoms with E-state index in [1.54, 1.807) is 0 Å². The molecule has 32 heavy (non-hydrogen) atoms. The summed E-state index contributed by atoms with van der Waals surface area (Å²) >= 11 is 0. The zero-order valence-electron chi connectivity index (χ0n) is 18.2. The highest BCUT2D eigenvalue weighted by Gasteiger charge is 2.41. The molecule has 0 radical (unpaired) electrons. The Morgan fingerprint density at radius 3 is 2.09 bits per heavy atom. The minimum atomic E-state index is -1.39. The minimum Gasteiger partial charge on any atom is -0.396 e.